The van der Waals surface area contributed by atoms with E-state index in [1.807, 2.05) is 0 Å². The molecule has 1 aromatic carbocycles. The van der Waals surface area contributed by atoms with Crippen LogP contribution in [0.2, 0.25) is 0 Å². The van der Waals surface area contributed by atoms with E-state index in [0.717, 1.165) is 12.1 Å². The standard InChI is InChI=1S/C16H17F2N3O.ClH/c1-10(11-3-6-14(17)15(18)7-11)21(2)16(22)8-13-5-4-12(19)9-20-13;/h3-7,9-10H,8,19H2,1-2H3;1H. The first kappa shape index (κ1) is 18.8. The molecule has 1 aromatic heterocycles. The Kier molecular flexibility index (Phi) is 6.45. The number of nitrogens with two attached hydrogens (primary N) is 1. The van der Waals surface area contributed by atoms with Crippen molar-refractivity contribution in [2.45, 2.75) is 19.4 Å². The summed E-state index contributed by atoms with van der Waals surface area (Å²) in [7, 11) is 1.62. The van der Waals surface area contributed by atoms with Crippen LogP contribution in [0.4, 0.5) is 14.5 Å². The number of carbonyl (C=O) groups is 1. The van der Waals surface area contributed by atoms with Crippen LogP contribution in [0.25, 0.3) is 0 Å². The van der Waals surface area contributed by atoms with Crippen molar-refractivity contribution in [3.8, 4) is 0 Å². The topological polar surface area (TPSA) is 59.2 Å². The predicted octanol–water partition coefficient (Wildman–Crippen LogP) is 3.13. The fourth-order valence-electron chi connectivity index (χ4n) is 2.03. The van der Waals surface area contributed by atoms with Crippen LogP contribution < -0.4 is 5.73 Å². The number of amides is 1. The number of halogens is 3. The zero-order valence-corrected chi connectivity index (χ0v) is 13.6. The van der Waals surface area contributed by atoms with E-state index in [0.29, 0.717) is 16.9 Å². The number of nitrogen functional groups attached to an aromatic ring is 1. The van der Waals surface area contributed by atoms with E-state index >= 15 is 0 Å². The lowest BCUT2D eigenvalue weighted by molar-refractivity contribution is -0.131. The molecule has 124 valence electrons. The maximum Gasteiger partial charge on any atom is 0.228 e. The Bertz CT molecular complexity index is 680. The number of carbonyl (C=O) groups excluding carboxylic acids is 1. The first-order chi connectivity index (χ1) is 10.4. The van der Waals surface area contributed by atoms with Gasteiger partial charge in [-0.05, 0) is 36.8 Å². The largest absolute Gasteiger partial charge is 0.397 e. The first-order valence-corrected chi connectivity index (χ1v) is 6.79. The molecule has 1 heterocycles. The molecule has 1 unspecified atom stereocenters. The van der Waals surface area contributed by atoms with Crippen molar-refractivity contribution >= 4 is 24.0 Å². The Morgan fingerprint density at radius 2 is 1.96 bits per heavy atom. The fourth-order valence-corrected chi connectivity index (χ4v) is 2.03. The summed E-state index contributed by atoms with van der Waals surface area (Å²) in [6.45, 7) is 1.75. The van der Waals surface area contributed by atoms with Crippen LogP contribution in [0.5, 0.6) is 0 Å². The van der Waals surface area contributed by atoms with E-state index in [1.165, 1.54) is 17.2 Å². The maximum atomic E-state index is 13.3. The maximum absolute atomic E-state index is 13.3. The molecule has 0 aliphatic rings. The number of anilines is 1. The summed E-state index contributed by atoms with van der Waals surface area (Å²) in [6.07, 6.45) is 1.60. The molecule has 7 heteroatoms. The van der Waals surface area contributed by atoms with Gasteiger partial charge in [-0.3, -0.25) is 9.78 Å². The van der Waals surface area contributed by atoms with E-state index < -0.39 is 11.6 Å². The summed E-state index contributed by atoms with van der Waals surface area (Å²) < 4.78 is 26.3. The lowest BCUT2D eigenvalue weighted by Gasteiger charge is -2.25. The molecule has 0 spiro atoms. The minimum Gasteiger partial charge on any atom is -0.397 e. The Morgan fingerprint density at radius 1 is 1.26 bits per heavy atom. The molecule has 0 radical (unpaired) electrons. The van der Waals surface area contributed by atoms with Crippen molar-refractivity contribution in [3.63, 3.8) is 0 Å². The van der Waals surface area contributed by atoms with Crippen LogP contribution in [-0.2, 0) is 11.2 Å². The van der Waals surface area contributed by atoms with Gasteiger partial charge in [0, 0.05) is 12.7 Å². The van der Waals surface area contributed by atoms with Crippen LogP contribution in [0.1, 0.15) is 24.2 Å². The molecule has 1 amide bonds. The molecule has 1 atom stereocenters. The number of nitrogens with zero attached hydrogens (tertiary/aromatic N) is 2. The van der Waals surface area contributed by atoms with E-state index in [2.05, 4.69) is 4.98 Å². The zero-order chi connectivity index (χ0) is 16.3. The summed E-state index contributed by atoms with van der Waals surface area (Å²) in [5.74, 6) is -2.00. The zero-order valence-electron chi connectivity index (χ0n) is 12.8. The highest BCUT2D eigenvalue weighted by molar-refractivity contribution is 5.85. The van der Waals surface area contributed by atoms with Crippen LogP contribution >= 0.6 is 12.4 Å². The molecule has 4 nitrogen and oxygen atoms in total. The second kappa shape index (κ2) is 7.87. The van der Waals surface area contributed by atoms with Crippen LogP contribution in [0.15, 0.2) is 36.5 Å². The molecule has 0 fully saturated rings. The van der Waals surface area contributed by atoms with E-state index in [9.17, 15) is 13.6 Å². The summed E-state index contributed by atoms with van der Waals surface area (Å²) in [6, 6.07) is 6.61. The summed E-state index contributed by atoms with van der Waals surface area (Å²) in [5.41, 5.74) is 7.20. The first-order valence-electron chi connectivity index (χ1n) is 6.79. The monoisotopic (exact) mass is 341 g/mol. The Hall–Kier alpha value is -2.21. The van der Waals surface area contributed by atoms with Gasteiger partial charge in [0.25, 0.3) is 0 Å². The van der Waals surface area contributed by atoms with Crippen molar-refractivity contribution in [1.29, 1.82) is 0 Å². The number of likely N-dealkylation sites (N-methyl/N-ethyl adjacent to an activating group) is 1. The van der Waals surface area contributed by atoms with E-state index in [-0.39, 0.29) is 30.8 Å². The van der Waals surface area contributed by atoms with Crippen LogP contribution in [-0.4, -0.2) is 22.8 Å². The van der Waals surface area contributed by atoms with Crippen molar-refractivity contribution in [2.75, 3.05) is 12.8 Å². The van der Waals surface area contributed by atoms with Crippen molar-refractivity contribution in [1.82, 2.24) is 9.88 Å². The average molecular weight is 342 g/mol. The van der Waals surface area contributed by atoms with Gasteiger partial charge in [-0.15, -0.1) is 12.4 Å². The Morgan fingerprint density at radius 3 is 2.52 bits per heavy atom. The van der Waals surface area contributed by atoms with Crippen molar-refractivity contribution in [2.24, 2.45) is 0 Å². The Balaban J connectivity index is 0.00000264. The lowest BCUT2D eigenvalue weighted by Crippen LogP contribution is -2.31. The fraction of sp³-hybridized carbons (Fsp3) is 0.250. The van der Waals surface area contributed by atoms with Crippen LogP contribution in [0.3, 0.4) is 0 Å². The van der Waals surface area contributed by atoms with Gasteiger partial charge in [0.2, 0.25) is 5.91 Å². The molecule has 2 rings (SSSR count). The third-order valence-corrected chi connectivity index (χ3v) is 3.58. The van der Waals surface area contributed by atoms with Gasteiger partial charge in [0.05, 0.1) is 24.3 Å². The summed E-state index contributed by atoms with van der Waals surface area (Å²) >= 11 is 0. The smallest absolute Gasteiger partial charge is 0.228 e. The number of hydrogen-bond acceptors (Lipinski definition) is 3. The summed E-state index contributed by atoms with van der Waals surface area (Å²) in [5, 5.41) is 0. The number of hydrogen-bond donors (Lipinski definition) is 1. The highest BCUT2D eigenvalue weighted by Gasteiger charge is 2.19. The molecule has 2 aromatic rings. The molecule has 2 N–H and O–H groups in total. The van der Waals surface area contributed by atoms with Crippen LogP contribution in [0, 0.1) is 11.6 Å². The van der Waals surface area contributed by atoms with Crippen molar-refractivity contribution < 1.29 is 13.6 Å². The molecule has 0 aliphatic carbocycles. The Labute approximate surface area is 139 Å². The molecule has 0 saturated heterocycles. The van der Waals surface area contributed by atoms with Gasteiger partial charge in [0.1, 0.15) is 0 Å². The molecular weight excluding hydrogens is 324 g/mol. The number of benzene rings is 1. The molecule has 23 heavy (non-hydrogen) atoms. The molecular formula is C16H18ClF2N3O. The molecule has 0 bridgehead atoms. The predicted molar refractivity (Wildman–Crippen MR) is 87.1 cm³/mol. The normalized spacial score (nSPS) is 11.5. The van der Waals surface area contributed by atoms with E-state index in [4.69, 9.17) is 5.73 Å². The number of aromatic nitrogens is 1. The minimum absolute atomic E-state index is 0. The van der Waals surface area contributed by atoms with Crippen molar-refractivity contribution in [3.05, 3.63) is 59.4 Å². The van der Waals surface area contributed by atoms with Gasteiger partial charge >= 0.3 is 0 Å². The second-order valence-corrected chi connectivity index (χ2v) is 5.11. The van der Waals surface area contributed by atoms with Gasteiger partial charge in [-0.1, -0.05) is 6.07 Å². The SMILES string of the molecule is CC(c1ccc(F)c(F)c1)N(C)C(=O)Cc1ccc(N)cn1.Cl. The molecule has 0 saturated carbocycles. The minimum atomic E-state index is -0.926. The number of pyridine rings is 1. The average Bonchev–Trinajstić information content (AvgIpc) is 2.50. The lowest BCUT2D eigenvalue weighted by atomic mass is 10.1. The highest BCUT2D eigenvalue weighted by atomic mass is 35.5. The van der Waals surface area contributed by atoms with Gasteiger partial charge < -0.3 is 10.6 Å². The highest BCUT2D eigenvalue weighted by Crippen LogP contribution is 2.21. The third kappa shape index (κ3) is 4.63. The summed E-state index contributed by atoms with van der Waals surface area (Å²) in [4.78, 5) is 17.8. The number of rotatable bonds is 4. The van der Waals surface area contributed by atoms with E-state index in [1.54, 1.807) is 26.1 Å². The van der Waals surface area contributed by atoms with Gasteiger partial charge in [-0.25, -0.2) is 8.78 Å². The quantitative estimate of drug-likeness (QED) is 0.929. The third-order valence-electron chi connectivity index (χ3n) is 3.58. The van der Waals surface area contributed by atoms with Gasteiger partial charge in [-0.2, -0.15) is 0 Å². The second-order valence-electron chi connectivity index (χ2n) is 5.11. The van der Waals surface area contributed by atoms with Gasteiger partial charge in [0.15, 0.2) is 11.6 Å². The molecule has 0 aliphatic heterocycles.